The Morgan fingerprint density at radius 1 is 1.21 bits per heavy atom. The van der Waals surface area contributed by atoms with E-state index in [0.717, 1.165) is 12.2 Å². The van der Waals surface area contributed by atoms with E-state index in [0.29, 0.717) is 12.0 Å². The highest BCUT2D eigenvalue weighted by Gasteiger charge is 2.29. The monoisotopic (exact) mass is 317 g/mol. The minimum absolute atomic E-state index is 0.603. The molecule has 2 aromatic rings. The van der Waals surface area contributed by atoms with Gasteiger partial charge in [0.25, 0.3) is 0 Å². The fourth-order valence-electron chi connectivity index (χ4n) is 2.49. The second-order valence-corrected chi connectivity index (χ2v) is 5.93. The summed E-state index contributed by atoms with van der Waals surface area (Å²) < 4.78 is 1.17. The van der Waals surface area contributed by atoms with Gasteiger partial charge < -0.3 is 5.32 Å². The first-order valence-electron chi connectivity index (χ1n) is 6.56. The molecule has 3 rings (SSSR count). The highest BCUT2D eigenvalue weighted by atomic mass is 79.9. The van der Waals surface area contributed by atoms with Crippen molar-refractivity contribution in [3.8, 4) is 0 Å². The van der Waals surface area contributed by atoms with Crippen LogP contribution < -0.4 is 5.32 Å². The lowest BCUT2D eigenvalue weighted by atomic mass is 9.76. The zero-order chi connectivity index (χ0) is 13.1. The fourth-order valence-corrected chi connectivity index (χ4v) is 2.91. The number of hydrogen-bond acceptors (Lipinski definition) is 3. The van der Waals surface area contributed by atoms with Gasteiger partial charge in [-0.25, -0.2) is 0 Å². The van der Waals surface area contributed by atoms with E-state index >= 15 is 0 Å². The molecule has 1 saturated carbocycles. The van der Waals surface area contributed by atoms with E-state index in [9.17, 15) is 0 Å². The summed E-state index contributed by atoms with van der Waals surface area (Å²) >= 11 is 3.53. The summed E-state index contributed by atoms with van der Waals surface area (Å²) in [7, 11) is 0. The van der Waals surface area contributed by atoms with Crippen LogP contribution in [-0.2, 0) is 6.54 Å². The Morgan fingerprint density at radius 3 is 2.84 bits per heavy atom. The van der Waals surface area contributed by atoms with Crippen molar-refractivity contribution in [2.45, 2.75) is 31.3 Å². The topological polar surface area (TPSA) is 37.8 Å². The van der Waals surface area contributed by atoms with Gasteiger partial charge in [-0.05, 0) is 48.6 Å². The summed E-state index contributed by atoms with van der Waals surface area (Å²) in [5.74, 6) is 0.692. The summed E-state index contributed by atoms with van der Waals surface area (Å²) in [6.45, 7) is 0.809. The number of aromatic nitrogens is 2. The first-order valence-corrected chi connectivity index (χ1v) is 7.36. The first-order chi connectivity index (χ1) is 9.31. The molecule has 0 bridgehead atoms. The van der Waals surface area contributed by atoms with Crippen LogP contribution in [0.5, 0.6) is 0 Å². The summed E-state index contributed by atoms with van der Waals surface area (Å²) in [5.41, 5.74) is 2.44. The van der Waals surface area contributed by atoms with Gasteiger partial charge in [-0.1, -0.05) is 28.1 Å². The van der Waals surface area contributed by atoms with Crippen LogP contribution in [0.25, 0.3) is 0 Å². The van der Waals surface area contributed by atoms with Gasteiger partial charge in [-0.3, -0.25) is 0 Å². The number of nitrogens with one attached hydrogen (secondary N) is 1. The maximum absolute atomic E-state index is 4.08. The van der Waals surface area contributed by atoms with Crippen molar-refractivity contribution < 1.29 is 0 Å². The third-order valence-electron chi connectivity index (χ3n) is 3.66. The Hall–Kier alpha value is -1.26. The van der Waals surface area contributed by atoms with Crippen molar-refractivity contribution in [1.82, 2.24) is 15.5 Å². The normalized spacial score (nSPS) is 21.9. The summed E-state index contributed by atoms with van der Waals surface area (Å²) in [6.07, 6.45) is 4.11. The second-order valence-electron chi connectivity index (χ2n) is 5.02. The average Bonchev–Trinajstić information content (AvgIpc) is 2.38. The van der Waals surface area contributed by atoms with Gasteiger partial charge in [0.2, 0.25) is 0 Å². The average molecular weight is 318 g/mol. The second kappa shape index (κ2) is 5.80. The molecule has 98 valence electrons. The lowest BCUT2D eigenvalue weighted by Gasteiger charge is -2.36. The molecule has 0 aliphatic heterocycles. The van der Waals surface area contributed by atoms with Gasteiger partial charge in [0.05, 0.1) is 5.69 Å². The van der Waals surface area contributed by atoms with Crippen LogP contribution >= 0.6 is 15.9 Å². The Balaban J connectivity index is 1.48. The molecule has 0 saturated heterocycles. The van der Waals surface area contributed by atoms with Crippen LogP contribution in [0.4, 0.5) is 0 Å². The Bertz CT molecular complexity index is 538. The lowest BCUT2D eigenvalue weighted by molar-refractivity contribution is 0.288. The molecule has 19 heavy (non-hydrogen) atoms. The molecule has 1 aliphatic carbocycles. The standard InChI is InChI=1S/C15H16BrN3/c16-13-4-1-3-11(7-13)12-8-15(9-12)17-10-14-5-2-6-18-19-14/h1-7,12,15,17H,8-10H2. The Morgan fingerprint density at radius 2 is 2.11 bits per heavy atom. The van der Waals surface area contributed by atoms with Gasteiger partial charge in [0.1, 0.15) is 0 Å². The van der Waals surface area contributed by atoms with Gasteiger partial charge >= 0.3 is 0 Å². The highest BCUT2D eigenvalue weighted by Crippen LogP contribution is 2.37. The van der Waals surface area contributed by atoms with Gasteiger partial charge in [-0.15, -0.1) is 0 Å². The Labute approximate surface area is 121 Å². The van der Waals surface area contributed by atoms with Crippen LogP contribution in [0.15, 0.2) is 47.1 Å². The SMILES string of the molecule is Brc1cccc(C2CC(NCc3cccnn3)C2)c1. The molecule has 1 heterocycles. The van der Waals surface area contributed by atoms with Gasteiger partial charge in [-0.2, -0.15) is 10.2 Å². The number of benzene rings is 1. The van der Waals surface area contributed by atoms with Crippen molar-refractivity contribution in [3.05, 3.63) is 58.3 Å². The Kier molecular flexibility index (Phi) is 3.89. The minimum Gasteiger partial charge on any atom is -0.308 e. The molecule has 4 heteroatoms. The third-order valence-corrected chi connectivity index (χ3v) is 4.15. The zero-order valence-electron chi connectivity index (χ0n) is 10.6. The van der Waals surface area contributed by atoms with Crippen molar-refractivity contribution >= 4 is 15.9 Å². The van der Waals surface area contributed by atoms with Gasteiger partial charge in [0.15, 0.2) is 0 Å². The van der Waals surface area contributed by atoms with Crippen molar-refractivity contribution in [1.29, 1.82) is 0 Å². The number of nitrogens with zero attached hydrogens (tertiary/aromatic N) is 2. The van der Waals surface area contributed by atoms with E-state index in [4.69, 9.17) is 0 Å². The smallest absolute Gasteiger partial charge is 0.0769 e. The van der Waals surface area contributed by atoms with Crippen molar-refractivity contribution in [3.63, 3.8) is 0 Å². The van der Waals surface area contributed by atoms with E-state index in [1.807, 2.05) is 12.1 Å². The van der Waals surface area contributed by atoms with E-state index in [1.165, 1.54) is 22.9 Å². The number of halogens is 1. The minimum atomic E-state index is 0.603. The van der Waals surface area contributed by atoms with E-state index in [1.54, 1.807) is 6.20 Å². The fraction of sp³-hybridized carbons (Fsp3) is 0.333. The molecule has 0 radical (unpaired) electrons. The number of rotatable bonds is 4. The van der Waals surface area contributed by atoms with Gasteiger partial charge in [0, 0.05) is 23.3 Å². The molecule has 0 unspecified atom stereocenters. The molecule has 1 N–H and O–H groups in total. The zero-order valence-corrected chi connectivity index (χ0v) is 12.2. The molecular formula is C15H16BrN3. The highest BCUT2D eigenvalue weighted by molar-refractivity contribution is 9.10. The lowest BCUT2D eigenvalue weighted by Crippen LogP contribution is -2.39. The predicted octanol–water partition coefficient (Wildman–Crippen LogP) is 3.27. The van der Waals surface area contributed by atoms with Crippen molar-refractivity contribution in [2.75, 3.05) is 0 Å². The van der Waals surface area contributed by atoms with E-state index in [2.05, 4.69) is 55.7 Å². The van der Waals surface area contributed by atoms with Crippen LogP contribution in [0.2, 0.25) is 0 Å². The number of hydrogen-bond donors (Lipinski definition) is 1. The molecule has 3 nitrogen and oxygen atoms in total. The molecule has 1 fully saturated rings. The quantitative estimate of drug-likeness (QED) is 0.940. The molecule has 1 aromatic carbocycles. The molecule has 0 atom stereocenters. The summed E-state index contributed by atoms with van der Waals surface area (Å²) in [5, 5.41) is 11.5. The molecule has 1 aromatic heterocycles. The van der Waals surface area contributed by atoms with E-state index < -0.39 is 0 Å². The maximum Gasteiger partial charge on any atom is 0.0769 e. The van der Waals surface area contributed by atoms with Crippen LogP contribution in [0.3, 0.4) is 0 Å². The third kappa shape index (κ3) is 3.19. The van der Waals surface area contributed by atoms with Crippen LogP contribution in [0, 0.1) is 0 Å². The molecule has 0 amide bonds. The summed E-state index contributed by atoms with van der Waals surface area (Å²) in [4.78, 5) is 0. The van der Waals surface area contributed by atoms with Crippen LogP contribution in [-0.4, -0.2) is 16.2 Å². The summed E-state index contributed by atoms with van der Waals surface area (Å²) in [6, 6.07) is 13.2. The molecule has 0 spiro atoms. The first kappa shape index (κ1) is 12.8. The largest absolute Gasteiger partial charge is 0.308 e. The van der Waals surface area contributed by atoms with Crippen LogP contribution in [0.1, 0.15) is 30.0 Å². The molecule has 1 aliphatic rings. The predicted molar refractivity (Wildman–Crippen MR) is 78.8 cm³/mol. The van der Waals surface area contributed by atoms with E-state index in [-0.39, 0.29) is 0 Å². The maximum atomic E-state index is 4.08. The molecular weight excluding hydrogens is 302 g/mol. The van der Waals surface area contributed by atoms with Crippen molar-refractivity contribution in [2.24, 2.45) is 0 Å².